The number of carbonyl (C=O) groups is 2. The highest BCUT2D eigenvalue weighted by atomic mass is 32.1. The van der Waals surface area contributed by atoms with Crippen LogP contribution in [0.4, 0.5) is 0 Å². The van der Waals surface area contributed by atoms with E-state index in [1.807, 2.05) is 11.4 Å². The predicted molar refractivity (Wildman–Crippen MR) is 95.3 cm³/mol. The lowest BCUT2D eigenvalue weighted by Gasteiger charge is -2.21. The molecule has 1 amide bonds. The molecule has 134 valence electrons. The van der Waals surface area contributed by atoms with Crippen LogP contribution in [0.5, 0.6) is 11.5 Å². The number of methoxy groups -OCH3 is 2. The Kier molecular flexibility index (Phi) is 7.28. The van der Waals surface area contributed by atoms with Gasteiger partial charge in [-0.15, -0.1) is 11.3 Å². The van der Waals surface area contributed by atoms with Gasteiger partial charge in [0.25, 0.3) is 5.91 Å². The summed E-state index contributed by atoms with van der Waals surface area (Å²) in [5, 5.41) is 1.85. The van der Waals surface area contributed by atoms with E-state index >= 15 is 0 Å². The third-order valence-corrected chi connectivity index (χ3v) is 4.38. The second kappa shape index (κ2) is 9.68. The molecule has 0 spiro atoms. The second-order valence-corrected chi connectivity index (χ2v) is 6.07. The van der Waals surface area contributed by atoms with Crippen LogP contribution in [0, 0.1) is 0 Å². The standard InChI is InChI=1S/C18H21NO5S/c1-22-14-5-7-15(8-6-14)24-12-11-19(10-9-17(20)23-2)18(21)16-4-3-13-25-16/h3-8,13H,9-12H2,1-2H3. The number of ether oxygens (including phenoxy) is 3. The van der Waals surface area contributed by atoms with E-state index in [0.29, 0.717) is 23.8 Å². The molecule has 6 nitrogen and oxygen atoms in total. The van der Waals surface area contributed by atoms with E-state index in [4.69, 9.17) is 9.47 Å². The molecule has 0 saturated heterocycles. The maximum atomic E-state index is 12.5. The number of nitrogens with zero attached hydrogens (tertiary/aromatic N) is 1. The summed E-state index contributed by atoms with van der Waals surface area (Å²) in [7, 11) is 2.94. The summed E-state index contributed by atoms with van der Waals surface area (Å²) >= 11 is 1.37. The zero-order chi connectivity index (χ0) is 18.1. The van der Waals surface area contributed by atoms with Gasteiger partial charge in [-0.2, -0.15) is 0 Å². The van der Waals surface area contributed by atoms with Crippen molar-refractivity contribution < 1.29 is 23.8 Å². The molecule has 0 radical (unpaired) electrons. The molecule has 0 unspecified atom stereocenters. The minimum absolute atomic E-state index is 0.114. The number of amides is 1. The molecule has 0 aliphatic heterocycles. The lowest BCUT2D eigenvalue weighted by atomic mass is 10.3. The Balaban J connectivity index is 1.92. The highest BCUT2D eigenvalue weighted by molar-refractivity contribution is 7.12. The van der Waals surface area contributed by atoms with Gasteiger partial charge in [0.1, 0.15) is 18.1 Å². The molecule has 0 bridgehead atoms. The minimum atomic E-state index is -0.347. The zero-order valence-corrected chi connectivity index (χ0v) is 15.1. The summed E-state index contributed by atoms with van der Waals surface area (Å²) in [6, 6.07) is 10.8. The van der Waals surface area contributed by atoms with Crippen molar-refractivity contribution in [3.8, 4) is 11.5 Å². The number of hydrogen-bond acceptors (Lipinski definition) is 6. The minimum Gasteiger partial charge on any atom is -0.497 e. The quantitative estimate of drug-likeness (QED) is 0.641. The van der Waals surface area contributed by atoms with Gasteiger partial charge >= 0.3 is 5.97 Å². The Hall–Kier alpha value is -2.54. The number of thiophene rings is 1. The SMILES string of the molecule is COC(=O)CCN(CCOc1ccc(OC)cc1)C(=O)c1cccs1. The summed E-state index contributed by atoms with van der Waals surface area (Å²) in [6.45, 7) is 0.986. The first-order valence-electron chi connectivity index (χ1n) is 7.80. The van der Waals surface area contributed by atoms with Crippen LogP contribution in [0.15, 0.2) is 41.8 Å². The average Bonchev–Trinajstić information content (AvgIpc) is 3.18. The van der Waals surface area contributed by atoms with Crippen LogP contribution in [0.25, 0.3) is 0 Å². The molecule has 1 aromatic carbocycles. The molecule has 2 aromatic rings. The maximum Gasteiger partial charge on any atom is 0.307 e. The van der Waals surface area contributed by atoms with Gasteiger partial charge in [0.05, 0.1) is 32.1 Å². The molecule has 25 heavy (non-hydrogen) atoms. The van der Waals surface area contributed by atoms with Crippen molar-refractivity contribution >= 4 is 23.2 Å². The largest absolute Gasteiger partial charge is 0.497 e. The van der Waals surface area contributed by atoms with Crippen molar-refractivity contribution in [3.05, 3.63) is 46.7 Å². The van der Waals surface area contributed by atoms with Crippen LogP contribution in [0.1, 0.15) is 16.1 Å². The number of rotatable bonds is 9. The fraction of sp³-hybridized carbons (Fsp3) is 0.333. The molecule has 0 fully saturated rings. The summed E-state index contributed by atoms with van der Waals surface area (Å²) in [5.41, 5.74) is 0. The van der Waals surface area contributed by atoms with Crippen LogP contribution < -0.4 is 9.47 Å². The zero-order valence-electron chi connectivity index (χ0n) is 14.3. The fourth-order valence-corrected chi connectivity index (χ4v) is 2.84. The van der Waals surface area contributed by atoms with Crippen molar-refractivity contribution in [2.75, 3.05) is 33.9 Å². The van der Waals surface area contributed by atoms with Crippen molar-refractivity contribution in [3.63, 3.8) is 0 Å². The van der Waals surface area contributed by atoms with Crippen LogP contribution >= 0.6 is 11.3 Å². The van der Waals surface area contributed by atoms with Gasteiger partial charge in [0.2, 0.25) is 0 Å². The van der Waals surface area contributed by atoms with Crippen molar-refractivity contribution in [2.24, 2.45) is 0 Å². The number of benzene rings is 1. The number of hydrogen-bond donors (Lipinski definition) is 0. The van der Waals surface area contributed by atoms with E-state index < -0.39 is 0 Å². The number of esters is 1. The Labute approximate surface area is 150 Å². The van der Waals surface area contributed by atoms with E-state index in [1.165, 1.54) is 18.4 Å². The summed E-state index contributed by atoms with van der Waals surface area (Å²) in [5.74, 6) is 0.981. The molecule has 7 heteroatoms. The smallest absolute Gasteiger partial charge is 0.307 e. The van der Waals surface area contributed by atoms with Gasteiger partial charge < -0.3 is 19.1 Å². The highest BCUT2D eigenvalue weighted by Crippen LogP contribution is 2.17. The molecular weight excluding hydrogens is 342 g/mol. The molecule has 0 atom stereocenters. The normalized spacial score (nSPS) is 10.2. The van der Waals surface area contributed by atoms with Crippen LogP contribution in [0.2, 0.25) is 0 Å². The molecule has 0 aliphatic carbocycles. The molecule has 1 aromatic heterocycles. The summed E-state index contributed by atoms with van der Waals surface area (Å²) < 4.78 is 15.4. The van der Waals surface area contributed by atoms with Crippen molar-refractivity contribution in [1.29, 1.82) is 0 Å². The predicted octanol–water partition coefficient (Wildman–Crippen LogP) is 2.84. The van der Waals surface area contributed by atoms with Crippen LogP contribution in [-0.2, 0) is 9.53 Å². The molecular formula is C18H21NO5S. The molecule has 0 N–H and O–H groups in total. The van der Waals surface area contributed by atoms with Gasteiger partial charge in [-0.05, 0) is 35.7 Å². The Morgan fingerprint density at radius 3 is 2.36 bits per heavy atom. The Morgan fingerprint density at radius 2 is 1.76 bits per heavy atom. The van der Waals surface area contributed by atoms with E-state index in [-0.39, 0.29) is 24.8 Å². The monoisotopic (exact) mass is 363 g/mol. The second-order valence-electron chi connectivity index (χ2n) is 5.12. The lowest BCUT2D eigenvalue weighted by Crippen LogP contribution is -2.36. The fourth-order valence-electron chi connectivity index (χ4n) is 2.14. The first kappa shape index (κ1) is 18.8. The summed E-state index contributed by atoms with van der Waals surface area (Å²) in [6.07, 6.45) is 0.149. The number of carbonyl (C=O) groups excluding carboxylic acids is 2. The van der Waals surface area contributed by atoms with Crippen molar-refractivity contribution in [1.82, 2.24) is 4.90 Å². The van der Waals surface area contributed by atoms with Gasteiger partial charge in [-0.25, -0.2) is 0 Å². The van der Waals surface area contributed by atoms with Gasteiger partial charge in [0, 0.05) is 6.54 Å². The Bertz CT molecular complexity index is 669. The van der Waals surface area contributed by atoms with E-state index in [2.05, 4.69) is 4.74 Å². The van der Waals surface area contributed by atoms with Gasteiger partial charge in [-0.1, -0.05) is 6.07 Å². The lowest BCUT2D eigenvalue weighted by molar-refractivity contribution is -0.140. The molecule has 0 saturated carbocycles. The first-order valence-corrected chi connectivity index (χ1v) is 8.68. The Morgan fingerprint density at radius 1 is 1.04 bits per heavy atom. The summed E-state index contributed by atoms with van der Waals surface area (Å²) in [4.78, 5) is 26.2. The topological polar surface area (TPSA) is 65.1 Å². The third kappa shape index (κ3) is 5.79. The maximum absolute atomic E-state index is 12.5. The first-order chi connectivity index (χ1) is 12.1. The van der Waals surface area contributed by atoms with Crippen LogP contribution in [-0.4, -0.2) is 50.7 Å². The average molecular weight is 363 g/mol. The third-order valence-electron chi connectivity index (χ3n) is 3.52. The highest BCUT2D eigenvalue weighted by Gasteiger charge is 2.18. The van der Waals surface area contributed by atoms with E-state index in [0.717, 1.165) is 5.75 Å². The van der Waals surface area contributed by atoms with Crippen molar-refractivity contribution in [2.45, 2.75) is 6.42 Å². The van der Waals surface area contributed by atoms with E-state index in [1.54, 1.807) is 42.3 Å². The molecule has 0 aliphatic rings. The van der Waals surface area contributed by atoms with E-state index in [9.17, 15) is 9.59 Å². The van der Waals surface area contributed by atoms with Gasteiger partial charge in [-0.3, -0.25) is 9.59 Å². The molecule has 2 rings (SSSR count). The molecule has 1 heterocycles. The van der Waals surface area contributed by atoms with Crippen LogP contribution in [0.3, 0.4) is 0 Å². The van der Waals surface area contributed by atoms with Gasteiger partial charge in [0.15, 0.2) is 0 Å².